The van der Waals surface area contributed by atoms with Crippen molar-refractivity contribution >= 4 is 5.97 Å². The van der Waals surface area contributed by atoms with Crippen LogP contribution in [0.5, 0.6) is 0 Å². The van der Waals surface area contributed by atoms with E-state index in [0.29, 0.717) is 0 Å². The van der Waals surface area contributed by atoms with Crippen LogP contribution in [0.1, 0.15) is 39.3 Å². The Morgan fingerprint density at radius 1 is 1.57 bits per heavy atom. The Labute approximate surface area is 83.6 Å². The van der Waals surface area contributed by atoms with E-state index in [9.17, 15) is 4.79 Å². The fourth-order valence-corrected chi connectivity index (χ4v) is 1.31. The summed E-state index contributed by atoms with van der Waals surface area (Å²) in [4.78, 5) is 14.8. The lowest BCUT2D eigenvalue weighted by Crippen LogP contribution is -2.25. The van der Waals surface area contributed by atoms with E-state index in [-0.39, 0.29) is 5.54 Å². The average Bonchev–Trinajstić information content (AvgIpc) is 2.48. The Hall–Kier alpha value is -1.32. The molecule has 0 saturated heterocycles. The normalized spacial score (nSPS) is 14.0. The Morgan fingerprint density at radius 2 is 2.14 bits per heavy atom. The van der Waals surface area contributed by atoms with Gasteiger partial charge in [-0.15, -0.1) is 0 Å². The van der Waals surface area contributed by atoms with Gasteiger partial charge >= 0.3 is 5.97 Å². The molecular formula is C10H16N2O2. The van der Waals surface area contributed by atoms with Gasteiger partial charge < -0.3 is 9.67 Å². The molecule has 1 unspecified atom stereocenters. The molecule has 1 aromatic rings. The van der Waals surface area contributed by atoms with E-state index < -0.39 is 11.9 Å². The highest BCUT2D eigenvalue weighted by atomic mass is 16.4. The molecule has 4 nitrogen and oxygen atoms in total. The molecule has 1 N–H and O–H groups in total. The lowest BCUT2D eigenvalue weighted by atomic mass is 10.0. The van der Waals surface area contributed by atoms with Crippen molar-refractivity contribution in [1.29, 1.82) is 0 Å². The zero-order valence-electron chi connectivity index (χ0n) is 8.98. The van der Waals surface area contributed by atoms with E-state index in [4.69, 9.17) is 5.11 Å². The summed E-state index contributed by atoms with van der Waals surface area (Å²) < 4.78 is 1.89. The highest BCUT2D eigenvalue weighted by molar-refractivity contribution is 5.74. The first-order valence-corrected chi connectivity index (χ1v) is 4.59. The van der Waals surface area contributed by atoms with Crippen molar-refractivity contribution in [2.45, 2.75) is 39.2 Å². The molecule has 0 amide bonds. The van der Waals surface area contributed by atoms with Gasteiger partial charge in [-0.05, 0) is 27.7 Å². The topological polar surface area (TPSA) is 55.1 Å². The summed E-state index contributed by atoms with van der Waals surface area (Å²) in [6.07, 6.45) is 3.29. The minimum absolute atomic E-state index is 0.129. The van der Waals surface area contributed by atoms with Crippen LogP contribution in [0.15, 0.2) is 12.5 Å². The standard InChI is InChI=1S/C10H16N2O2/c1-7(9(13)14)8-5-11-6-12(8)10(2,3)4/h5-7H,1-4H3,(H,13,14). The number of aromatic nitrogens is 2. The molecular weight excluding hydrogens is 180 g/mol. The van der Waals surface area contributed by atoms with Crippen LogP contribution in [0.25, 0.3) is 0 Å². The lowest BCUT2D eigenvalue weighted by Gasteiger charge is -2.24. The van der Waals surface area contributed by atoms with Crippen molar-refractivity contribution in [3.8, 4) is 0 Å². The maximum Gasteiger partial charge on any atom is 0.312 e. The van der Waals surface area contributed by atoms with Gasteiger partial charge in [-0.25, -0.2) is 4.98 Å². The molecule has 78 valence electrons. The lowest BCUT2D eigenvalue weighted by molar-refractivity contribution is -0.138. The monoisotopic (exact) mass is 196 g/mol. The summed E-state index contributed by atoms with van der Waals surface area (Å²) in [6, 6.07) is 0. The quantitative estimate of drug-likeness (QED) is 0.785. The number of carbonyl (C=O) groups is 1. The molecule has 0 aliphatic carbocycles. The fourth-order valence-electron chi connectivity index (χ4n) is 1.31. The molecule has 4 heteroatoms. The maximum absolute atomic E-state index is 10.8. The summed E-state index contributed by atoms with van der Waals surface area (Å²) in [7, 11) is 0. The van der Waals surface area contributed by atoms with Crippen molar-refractivity contribution in [1.82, 2.24) is 9.55 Å². The van der Waals surface area contributed by atoms with Crippen LogP contribution < -0.4 is 0 Å². The molecule has 0 bridgehead atoms. The molecule has 1 heterocycles. The minimum Gasteiger partial charge on any atom is -0.481 e. The third kappa shape index (κ3) is 1.95. The SMILES string of the molecule is CC(C(=O)O)c1cncn1C(C)(C)C. The maximum atomic E-state index is 10.8. The number of nitrogens with zero attached hydrogens (tertiary/aromatic N) is 2. The molecule has 1 aromatic heterocycles. The Balaban J connectivity index is 3.11. The minimum atomic E-state index is -0.823. The predicted molar refractivity (Wildman–Crippen MR) is 53.3 cm³/mol. The first-order chi connectivity index (χ1) is 6.34. The number of hydrogen-bond donors (Lipinski definition) is 1. The number of carboxylic acids is 1. The number of carboxylic acid groups (broad SMARTS) is 1. The molecule has 0 spiro atoms. The van der Waals surface area contributed by atoms with Gasteiger partial charge in [0.25, 0.3) is 0 Å². The van der Waals surface area contributed by atoms with Crippen LogP contribution in [0.4, 0.5) is 0 Å². The number of rotatable bonds is 2. The zero-order chi connectivity index (χ0) is 10.9. The summed E-state index contributed by atoms with van der Waals surface area (Å²) in [5, 5.41) is 8.90. The molecule has 1 rings (SSSR count). The zero-order valence-corrected chi connectivity index (χ0v) is 8.98. The third-order valence-electron chi connectivity index (χ3n) is 2.20. The van der Waals surface area contributed by atoms with Crippen LogP contribution in [0, 0.1) is 0 Å². The molecule has 0 aliphatic heterocycles. The largest absolute Gasteiger partial charge is 0.481 e. The predicted octanol–water partition coefficient (Wildman–Crippen LogP) is 1.83. The van der Waals surface area contributed by atoms with Crippen LogP contribution >= 0.6 is 0 Å². The van der Waals surface area contributed by atoms with Gasteiger partial charge in [0.05, 0.1) is 17.9 Å². The second-order valence-electron chi connectivity index (χ2n) is 4.42. The van der Waals surface area contributed by atoms with Gasteiger partial charge in [0.2, 0.25) is 0 Å². The third-order valence-corrected chi connectivity index (χ3v) is 2.20. The van der Waals surface area contributed by atoms with E-state index in [2.05, 4.69) is 4.98 Å². The van der Waals surface area contributed by atoms with Gasteiger partial charge in [0.15, 0.2) is 0 Å². The van der Waals surface area contributed by atoms with Crippen LogP contribution in [0.2, 0.25) is 0 Å². The van der Waals surface area contributed by atoms with E-state index in [1.54, 1.807) is 19.4 Å². The van der Waals surface area contributed by atoms with E-state index in [1.807, 2.05) is 25.3 Å². The van der Waals surface area contributed by atoms with Crippen molar-refractivity contribution in [3.63, 3.8) is 0 Å². The first-order valence-electron chi connectivity index (χ1n) is 4.59. The molecule has 0 fully saturated rings. The van der Waals surface area contributed by atoms with Gasteiger partial charge in [-0.1, -0.05) is 0 Å². The average molecular weight is 196 g/mol. The van der Waals surface area contributed by atoms with Gasteiger partial charge in [-0.2, -0.15) is 0 Å². The van der Waals surface area contributed by atoms with Gasteiger partial charge in [0, 0.05) is 11.7 Å². The van der Waals surface area contributed by atoms with Crippen molar-refractivity contribution < 1.29 is 9.90 Å². The molecule has 14 heavy (non-hydrogen) atoms. The smallest absolute Gasteiger partial charge is 0.312 e. The Bertz CT molecular complexity index is 336. The van der Waals surface area contributed by atoms with Crippen LogP contribution in [-0.4, -0.2) is 20.6 Å². The second kappa shape index (κ2) is 3.44. The first kappa shape index (κ1) is 10.8. The van der Waals surface area contributed by atoms with Crippen LogP contribution in [-0.2, 0) is 10.3 Å². The van der Waals surface area contributed by atoms with E-state index >= 15 is 0 Å². The number of imidazole rings is 1. The second-order valence-corrected chi connectivity index (χ2v) is 4.42. The molecule has 0 saturated carbocycles. The van der Waals surface area contributed by atoms with Gasteiger partial charge in [0.1, 0.15) is 0 Å². The summed E-state index contributed by atoms with van der Waals surface area (Å²) in [5.41, 5.74) is 0.611. The van der Waals surface area contributed by atoms with E-state index in [1.165, 1.54) is 0 Å². The van der Waals surface area contributed by atoms with Crippen molar-refractivity contribution in [2.24, 2.45) is 0 Å². The van der Waals surface area contributed by atoms with Crippen LogP contribution in [0.3, 0.4) is 0 Å². The summed E-state index contributed by atoms with van der Waals surface area (Å²) in [5.74, 6) is -1.34. The highest BCUT2D eigenvalue weighted by Crippen LogP contribution is 2.22. The molecule has 0 aliphatic rings. The summed E-state index contributed by atoms with van der Waals surface area (Å²) >= 11 is 0. The number of aliphatic carboxylic acids is 1. The fraction of sp³-hybridized carbons (Fsp3) is 0.600. The molecule has 0 radical (unpaired) electrons. The van der Waals surface area contributed by atoms with Gasteiger partial charge in [-0.3, -0.25) is 4.79 Å². The van der Waals surface area contributed by atoms with Crippen molar-refractivity contribution in [3.05, 3.63) is 18.2 Å². The molecule has 0 aromatic carbocycles. The van der Waals surface area contributed by atoms with E-state index in [0.717, 1.165) is 5.69 Å². The highest BCUT2D eigenvalue weighted by Gasteiger charge is 2.23. The Kier molecular flexibility index (Phi) is 2.64. The van der Waals surface area contributed by atoms with Crippen molar-refractivity contribution in [2.75, 3.05) is 0 Å². The number of hydrogen-bond acceptors (Lipinski definition) is 2. The molecule has 1 atom stereocenters. The Morgan fingerprint density at radius 3 is 2.57 bits per heavy atom. The summed E-state index contributed by atoms with van der Waals surface area (Å²) in [6.45, 7) is 7.73.